The highest BCUT2D eigenvalue weighted by molar-refractivity contribution is 6.00. The highest BCUT2D eigenvalue weighted by Gasteiger charge is 2.15. The first-order chi connectivity index (χ1) is 12.0. The van der Waals surface area contributed by atoms with E-state index in [1.54, 1.807) is 43.4 Å². The number of carbonyl (C=O) groups is 1. The number of benzene rings is 2. The summed E-state index contributed by atoms with van der Waals surface area (Å²) in [7, 11) is 1.63. The average Bonchev–Trinajstić information content (AvgIpc) is 2.60. The summed E-state index contributed by atoms with van der Waals surface area (Å²) >= 11 is 0. The number of amides is 1. The van der Waals surface area contributed by atoms with Gasteiger partial charge in [-0.05, 0) is 36.4 Å². The van der Waals surface area contributed by atoms with Gasteiger partial charge in [-0.1, -0.05) is 12.1 Å². The van der Waals surface area contributed by atoms with Crippen molar-refractivity contribution in [3.63, 3.8) is 0 Å². The van der Waals surface area contributed by atoms with Crippen LogP contribution in [-0.4, -0.2) is 31.0 Å². The van der Waals surface area contributed by atoms with Crippen molar-refractivity contribution in [3.8, 4) is 11.8 Å². The maximum Gasteiger partial charge on any atom is 0.387 e. The van der Waals surface area contributed by atoms with Crippen LogP contribution in [0.2, 0.25) is 0 Å². The lowest BCUT2D eigenvalue weighted by molar-refractivity contribution is -0.0498. The lowest BCUT2D eigenvalue weighted by Gasteiger charge is -2.18. The minimum atomic E-state index is -2.87. The van der Waals surface area contributed by atoms with E-state index in [4.69, 9.17) is 5.26 Å². The van der Waals surface area contributed by atoms with E-state index in [1.807, 2.05) is 6.07 Å². The number of rotatable bonds is 7. The van der Waals surface area contributed by atoms with E-state index in [-0.39, 0.29) is 18.1 Å². The van der Waals surface area contributed by atoms with Gasteiger partial charge in [-0.15, -0.1) is 0 Å². The molecule has 2 rings (SSSR count). The Morgan fingerprint density at radius 2 is 1.92 bits per heavy atom. The SMILES string of the molecule is CN(CCC#N)C(=O)c1ccccc1Nc1ccc(OC(F)F)cc1. The lowest BCUT2D eigenvalue weighted by atomic mass is 10.1. The van der Waals surface area contributed by atoms with Gasteiger partial charge in [0.25, 0.3) is 5.91 Å². The van der Waals surface area contributed by atoms with E-state index in [1.165, 1.54) is 17.0 Å². The first-order valence-electron chi connectivity index (χ1n) is 7.54. The molecule has 25 heavy (non-hydrogen) atoms. The summed E-state index contributed by atoms with van der Waals surface area (Å²) in [6, 6.07) is 14.9. The summed E-state index contributed by atoms with van der Waals surface area (Å²) < 4.78 is 28.6. The van der Waals surface area contributed by atoms with Crippen molar-refractivity contribution in [1.82, 2.24) is 4.90 Å². The monoisotopic (exact) mass is 345 g/mol. The van der Waals surface area contributed by atoms with Crippen LogP contribution in [0.4, 0.5) is 20.2 Å². The Morgan fingerprint density at radius 3 is 2.56 bits per heavy atom. The quantitative estimate of drug-likeness (QED) is 0.823. The molecule has 0 aliphatic rings. The van der Waals surface area contributed by atoms with Crippen LogP contribution in [0, 0.1) is 11.3 Å². The number of anilines is 2. The molecule has 0 saturated carbocycles. The van der Waals surface area contributed by atoms with E-state index in [0.29, 0.717) is 23.5 Å². The van der Waals surface area contributed by atoms with Gasteiger partial charge in [0.05, 0.1) is 23.7 Å². The Kier molecular flexibility index (Phi) is 6.29. The number of para-hydroxylation sites is 1. The van der Waals surface area contributed by atoms with Gasteiger partial charge in [-0.3, -0.25) is 4.79 Å². The van der Waals surface area contributed by atoms with Gasteiger partial charge in [0, 0.05) is 19.3 Å². The first kappa shape index (κ1) is 18.2. The second-order valence-corrected chi connectivity index (χ2v) is 5.21. The number of nitrogens with one attached hydrogen (secondary N) is 1. The van der Waals surface area contributed by atoms with Crippen LogP contribution in [0.3, 0.4) is 0 Å². The molecule has 1 amide bonds. The van der Waals surface area contributed by atoms with Crippen molar-refractivity contribution in [3.05, 3.63) is 54.1 Å². The summed E-state index contributed by atoms with van der Waals surface area (Å²) in [4.78, 5) is 14.0. The molecular formula is C18H17F2N3O2. The highest BCUT2D eigenvalue weighted by atomic mass is 19.3. The van der Waals surface area contributed by atoms with Gasteiger partial charge in [-0.2, -0.15) is 14.0 Å². The predicted octanol–water partition coefficient (Wildman–Crippen LogP) is 4.02. The number of hydrogen-bond donors (Lipinski definition) is 1. The molecule has 0 unspecified atom stereocenters. The number of halogens is 2. The largest absolute Gasteiger partial charge is 0.435 e. The van der Waals surface area contributed by atoms with E-state index in [2.05, 4.69) is 10.1 Å². The molecule has 0 atom stereocenters. The third-order valence-corrected chi connectivity index (χ3v) is 3.42. The maximum atomic E-state index is 12.5. The topological polar surface area (TPSA) is 65.4 Å². The summed E-state index contributed by atoms with van der Waals surface area (Å²) in [5.74, 6) is -0.155. The van der Waals surface area contributed by atoms with Gasteiger partial charge in [0.15, 0.2) is 0 Å². The number of nitriles is 1. The number of carbonyl (C=O) groups excluding carboxylic acids is 1. The number of alkyl halides is 2. The summed E-state index contributed by atoms with van der Waals surface area (Å²) in [6.45, 7) is -2.54. The maximum absolute atomic E-state index is 12.5. The molecule has 2 aromatic rings. The molecule has 0 fully saturated rings. The van der Waals surface area contributed by atoms with Gasteiger partial charge in [0.2, 0.25) is 0 Å². The molecule has 2 aromatic carbocycles. The number of nitrogens with zero attached hydrogens (tertiary/aromatic N) is 2. The fraction of sp³-hybridized carbons (Fsp3) is 0.222. The number of hydrogen-bond acceptors (Lipinski definition) is 4. The highest BCUT2D eigenvalue weighted by Crippen LogP contribution is 2.24. The Hall–Kier alpha value is -3.14. The zero-order valence-corrected chi connectivity index (χ0v) is 13.6. The molecule has 0 aromatic heterocycles. The van der Waals surface area contributed by atoms with E-state index in [9.17, 15) is 13.6 Å². The standard InChI is InChI=1S/C18H17F2N3O2/c1-23(12-4-11-21)17(24)15-5-2-3-6-16(15)22-13-7-9-14(10-8-13)25-18(19)20/h2-3,5-10,18,22H,4,12H2,1H3. The zero-order valence-electron chi connectivity index (χ0n) is 13.6. The van der Waals surface area contributed by atoms with Gasteiger partial charge in [0.1, 0.15) is 5.75 Å². The van der Waals surface area contributed by atoms with Crippen molar-refractivity contribution < 1.29 is 18.3 Å². The molecule has 0 spiro atoms. The Balaban J connectivity index is 2.15. The normalized spacial score (nSPS) is 10.2. The second-order valence-electron chi connectivity index (χ2n) is 5.21. The average molecular weight is 345 g/mol. The predicted molar refractivity (Wildman–Crippen MR) is 90.0 cm³/mol. The van der Waals surface area contributed by atoms with Crippen LogP contribution in [0.5, 0.6) is 5.75 Å². The molecule has 0 bridgehead atoms. The Bertz CT molecular complexity index is 758. The third kappa shape index (κ3) is 5.18. The van der Waals surface area contributed by atoms with Crippen LogP contribution >= 0.6 is 0 Å². The van der Waals surface area contributed by atoms with Gasteiger partial charge < -0.3 is 15.0 Å². The molecule has 130 valence electrons. The summed E-state index contributed by atoms with van der Waals surface area (Å²) in [5.41, 5.74) is 1.66. The van der Waals surface area contributed by atoms with Crippen molar-refractivity contribution in [2.24, 2.45) is 0 Å². The van der Waals surface area contributed by atoms with E-state index >= 15 is 0 Å². The molecule has 0 aliphatic carbocycles. The van der Waals surface area contributed by atoms with Crippen molar-refractivity contribution in [2.45, 2.75) is 13.0 Å². The Labute approximate surface area is 144 Å². The number of ether oxygens (including phenoxy) is 1. The lowest BCUT2D eigenvalue weighted by Crippen LogP contribution is -2.28. The summed E-state index contributed by atoms with van der Waals surface area (Å²) in [6.07, 6.45) is 0.253. The van der Waals surface area contributed by atoms with Crippen molar-refractivity contribution in [1.29, 1.82) is 5.26 Å². The van der Waals surface area contributed by atoms with Crippen LogP contribution in [0.1, 0.15) is 16.8 Å². The molecular weight excluding hydrogens is 328 g/mol. The molecule has 7 heteroatoms. The van der Waals surface area contributed by atoms with Crippen LogP contribution < -0.4 is 10.1 Å². The summed E-state index contributed by atoms with van der Waals surface area (Å²) in [5, 5.41) is 11.7. The minimum Gasteiger partial charge on any atom is -0.435 e. The Morgan fingerprint density at radius 1 is 1.24 bits per heavy atom. The van der Waals surface area contributed by atoms with Crippen LogP contribution in [-0.2, 0) is 0 Å². The zero-order chi connectivity index (χ0) is 18.2. The smallest absolute Gasteiger partial charge is 0.387 e. The van der Waals surface area contributed by atoms with E-state index in [0.717, 1.165) is 0 Å². The fourth-order valence-corrected chi connectivity index (χ4v) is 2.18. The van der Waals surface area contributed by atoms with Gasteiger partial charge >= 0.3 is 6.61 Å². The molecule has 0 heterocycles. The van der Waals surface area contributed by atoms with Crippen LogP contribution in [0.15, 0.2) is 48.5 Å². The fourth-order valence-electron chi connectivity index (χ4n) is 2.18. The van der Waals surface area contributed by atoms with E-state index < -0.39 is 6.61 Å². The van der Waals surface area contributed by atoms with Gasteiger partial charge in [-0.25, -0.2) is 0 Å². The minimum absolute atomic E-state index is 0.0566. The third-order valence-electron chi connectivity index (χ3n) is 3.42. The molecule has 5 nitrogen and oxygen atoms in total. The molecule has 0 radical (unpaired) electrons. The second kappa shape index (κ2) is 8.64. The first-order valence-corrected chi connectivity index (χ1v) is 7.54. The molecule has 1 N–H and O–H groups in total. The van der Waals surface area contributed by atoms with Crippen molar-refractivity contribution >= 4 is 17.3 Å². The van der Waals surface area contributed by atoms with Crippen LogP contribution in [0.25, 0.3) is 0 Å². The van der Waals surface area contributed by atoms with Crippen molar-refractivity contribution in [2.75, 3.05) is 18.9 Å². The molecule has 0 aliphatic heterocycles. The molecule has 0 saturated heterocycles.